The quantitative estimate of drug-likeness (QED) is 0.711. The van der Waals surface area contributed by atoms with Gasteiger partial charge in [0.15, 0.2) is 5.69 Å². The zero-order chi connectivity index (χ0) is 15.4. The van der Waals surface area contributed by atoms with Gasteiger partial charge >= 0.3 is 5.97 Å². The zero-order valence-corrected chi connectivity index (χ0v) is 11.4. The first-order valence-electron chi connectivity index (χ1n) is 6.24. The van der Waals surface area contributed by atoms with Crippen LogP contribution in [0.25, 0.3) is 0 Å². The average molecular weight is 289 g/mol. The number of carboxylic acids is 1. The van der Waals surface area contributed by atoms with Crippen LogP contribution in [0.4, 0.5) is 5.82 Å². The highest BCUT2D eigenvalue weighted by Gasteiger charge is 2.10. The van der Waals surface area contributed by atoms with Crippen molar-refractivity contribution in [3.63, 3.8) is 0 Å². The Morgan fingerprint density at radius 2 is 2.19 bits per heavy atom. The average Bonchev–Trinajstić information content (AvgIpc) is 2.87. The van der Waals surface area contributed by atoms with Crippen LogP contribution < -0.4 is 11.1 Å². The third kappa shape index (κ3) is 3.56. The minimum atomic E-state index is -1.07. The number of anilines is 1. The van der Waals surface area contributed by atoms with Crippen LogP contribution in [0.5, 0.6) is 0 Å². The van der Waals surface area contributed by atoms with E-state index in [4.69, 9.17) is 10.8 Å². The van der Waals surface area contributed by atoms with Gasteiger partial charge in [0.1, 0.15) is 5.82 Å². The van der Waals surface area contributed by atoms with Crippen molar-refractivity contribution < 1.29 is 14.7 Å². The lowest BCUT2D eigenvalue weighted by molar-refractivity contribution is 0.0690. The van der Waals surface area contributed by atoms with E-state index in [-0.39, 0.29) is 5.69 Å². The minimum absolute atomic E-state index is 0.0125. The van der Waals surface area contributed by atoms with Crippen LogP contribution in [0.3, 0.4) is 0 Å². The highest BCUT2D eigenvalue weighted by atomic mass is 16.4. The Kier molecular flexibility index (Phi) is 4.17. The number of nitrogens with two attached hydrogens (primary N) is 1. The molecule has 0 aliphatic carbocycles. The molecule has 0 unspecified atom stereocenters. The number of nitrogens with zero attached hydrogens (tertiary/aromatic N) is 3. The van der Waals surface area contributed by atoms with E-state index < -0.39 is 11.9 Å². The first-order chi connectivity index (χ1) is 9.97. The van der Waals surface area contributed by atoms with Gasteiger partial charge in [0.05, 0.1) is 11.9 Å². The summed E-state index contributed by atoms with van der Waals surface area (Å²) in [4.78, 5) is 30.0. The van der Waals surface area contributed by atoms with E-state index in [2.05, 4.69) is 15.3 Å². The number of aryl methyl sites for hydroxylation is 1. The molecular weight excluding hydrogens is 274 g/mol. The molecule has 0 radical (unpaired) electrons. The normalized spacial score (nSPS) is 10.3. The molecule has 2 aromatic rings. The molecule has 2 rings (SSSR count). The van der Waals surface area contributed by atoms with E-state index in [9.17, 15) is 9.59 Å². The van der Waals surface area contributed by atoms with Crippen LogP contribution in [0.1, 0.15) is 26.5 Å². The number of aromatic nitrogens is 3. The fourth-order valence-electron chi connectivity index (χ4n) is 1.79. The fraction of sp³-hybridized carbons (Fsp3) is 0.231. The standard InChI is InChI=1S/C13H15N5O3/c1-8-2-3-9(11(14)19)12(17-8)15-4-5-18-6-10(13(20)21)16-7-18/h2-3,6-7H,4-5H2,1H3,(H2,14,19)(H,15,17)(H,20,21). The number of imidazole rings is 1. The van der Waals surface area contributed by atoms with Crippen molar-refractivity contribution >= 4 is 17.7 Å². The predicted octanol–water partition coefficient (Wildman–Crippen LogP) is 0.496. The van der Waals surface area contributed by atoms with Gasteiger partial charge in [-0.05, 0) is 19.1 Å². The van der Waals surface area contributed by atoms with Gasteiger partial charge in [-0.3, -0.25) is 4.79 Å². The summed E-state index contributed by atoms with van der Waals surface area (Å²) >= 11 is 0. The van der Waals surface area contributed by atoms with Gasteiger partial charge in [-0.2, -0.15) is 0 Å². The second-order valence-electron chi connectivity index (χ2n) is 4.44. The molecule has 0 aliphatic heterocycles. The topological polar surface area (TPSA) is 123 Å². The fourth-order valence-corrected chi connectivity index (χ4v) is 1.79. The van der Waals surface area contributed by atoms with E-state index in [1.54, 1.807) is 16.7 Å². The summed E-state index contributed by atoms with van der Waals surface area (Å²) in [6.07, 6.45) is 2.87. The number of amides is 1. The summed E-state index contributed by atoms with van der Waals surface area (Å²) in [5.74, 6) is -1.21. The number of carbonyl (C=O) groups excluding carboxylic acids is 1. The number of primary amides is 1. The summed E-state index contributed by atoms with van der Waals surface area (Å²) in [5.41, 5.74) is 6.35. The van der Waals surface area contributed by atoms with E-state index in [1.807, 2.05) is 6.92 Å². The molecule has 0 atom stereocenters. The molecule has 0 spiro atoms. The molecule has 0 bridgehead atoms. The third-order valence-corrected chi connectivity index (χ3v) is 2.81. The molecule has 21 heavy (non-hydrogen) atoms. The highest BCUT2D eigenvalue weighted by Crippen LogP contribution is 2.12. The molecule has 1 amide bonds. The van der Waals surface area contributed by atoms with Gasteiger partial charge in [-0.25, -0.2) is 14.8 Å². The maximum absolute atomic E-state index is 11.3. The Balaban J connectivity index is 2.01. The number of carbonyl (C=O) groups is 2. The largest absolute Gasteiger partial charge is 0.476 e. The molecule has 0 saturated carbocycles. The smallest absolute Gasteiger partial charge is 0.356 e. The van der Waals surface area contributed by atoms with Gasteiger partial charge in [-0.15, -0.1) is 0 Å². The molecule has 0 aliphatic rings. The molecule has 8 heteroatoms. The number of nitrogens with one attached hydrogen (secondary N) is 1. The highest BCUT2D eigenvalue weighted by molar-refractivity contribution is 5.97. The molecule has 0 saturated heterocycles. The van der Waals surface area contributed by atoms with Crippen molar-refractivity contribution in [2.75, 3.05) is 11.9 Å². The van der Waals surface area contributed by atoms with Gasteiger partial charge in [0.2, 0.25) is 0 Å². The van der Waals surface area contributed by atoms with E-state index in [0.717, 1.165) is 5.69 Å². The number of hydrogen-bond donors (Lipinski definition) is 3. The lowest BCUT2D eigenvalue weighted by Gasteiger charge is -2.10. The van der Waals surface area contributed by atoms with Crippen LogP contribution in [0.15, 0.2) is 24.7 Å². The first kappa shape index (κ1) is 14.5. The third-order valence-electron chi connectivity index (χ3n) is 2.81. The molecule has 2 heterocycles. The zero-order valence-electron chi connectivity index (χ0n) is 11.4. The Bertz CT molecular complexity index is 680. The molecule has 110 valence electrons. The van der Waals surface area contributed by atoms with Crippen molar-refractivity contribution in [3.8, 4) is 0 Å². The Labute approximate surface area is 120 Å². The molecule has 0 aromatic carbocycles. The van der Waals surface area contributed by atoms with Gasteiger partial charge in [0, 0.05) is 25.0 Å². The van der Waals surface area contributed by atoms with Crippen molar-refractivity contribution in [3.05, 3.63) is 41.6 Å². The Morgan fingerprint density at radius 1 is 1.43 bits per heavy atom. The Morgan fingerprint density at radius 3 is 2.81 bits per heavy atom. The summed E-state index contributed by atoms with van der Waals surface area (Å²) in [6, 6.07) is 3.33. The number of rotatable bonds is 6. The van der Waals surface area contributed by atoms with Gasteiger partial charge in [0.25, 0.3) is 5.91 Å². The summed E-state index contributed by atoms with van der Waals surface area (Å²) in [5, 5.41) is 11.8. The van der Waals surface area contributed by atoms with Crippen molar-refractivity contribution in [1.82, 2.24) is 14.5 Å². The van der Waals surface area contributed by atoms with Crippen LogP contribution in [-0.4, -0.2) is 38.1 Å². The molecule has 0 fully saturated rings. The second-order valence-corrected chi connectivity index (χ2v) is 4.44. The molecule has 8 nitrogen and oxygen atoms in total. The summed E-state index contributed by atoms with van der Waals surface area (Å²) in [6.45, 7) is 2.74. The van der Waals surface area contributed by atoms with E-state index in [0.29, 0.717) is 24.5 Å². The second kappa shape index (κ2) is 6.04. The lowest BCUT2D eigenvalue weighted by Crippen LogP contribution is -2.18. The number of hydrogen-bond acceptors (Lipinski definition) is 5. The van der Waals surface area contributed by atoms with E-state index in [1.165, 1.54) is 12.5 Å². The SMILES string of the molecule is Cc1ccc(C(N)=O)c(NCCn2cnc(C(=O)O)c2)n1. The van der Waals surface area contributed by atoms with Crippen molar-refractivity contribution in [2.24, 2.45) is 5.73 Å². The number of aromatic carboxylic acids is 1. The first-order valence-corrected chi connectivity index (χ1v) is 6.24. The molecule has 4 N–H and O–H groups in total. The van der Waals surface area contributed by atoms with Crippen LogP contribution in [-0.2, 0) is 6.54 Å². The van der Waals surface area contributed by atoms with Gasteiger partial charge < -0.3 is 20.7 Å². The minimum Gasteiger partial charge on any atom is -0.476 e. The van der Waals surface area contributed by atoms with Crippen LogP contribution in [0.2, 0.25) is 0 Å². The molecular formula is C13H15N5O3. The summed E-state index contributed by atoms with van der Waals surface area (Å²) < 4.78 is 1.64. The number of pyridine rings is 1. The lowest BCUT2D eigenvalue weighted by atomic mass is 10.2. The maximum Gasteiger partial charge on any atom is 0.356 e. The van der Waals surface area contributed by atoms with Crippen molar-refractivity contribution in [2.45, 2.75) is 13.5 Å². The molecule has 2 aromatic heterocycles. The van der Waals surface area contributed by atoms with Gasteiger partial charge in [-0.1, -0.05) is 0 Å². The van der Waals surface area contributed by atoms with Crippen LogP contribution in [0, 0.1) is 6.92 Å². The van der Waals surface area contributed by atoms with Crippen molar-refractivity contribution in [1.29, 1.82) is 0 Å². The number of carboxylic acid groups (broad SMARTS) is 1. The van der Waals surface area contributed by atoms with E-state index >= 15 is 0 Å². The summed E-state index contributed by atoms with van der Waals surface area (Å²) in [7, 11) is 0. The maximum atomic E-state index is 11.3. The predicted molar refractivity (Wildman–Crippen MR) is 75.2 cm³/mol. The monoisotopic (exact) mass is 289 g/mol. The van der Waals surface area contributed by atoms with Crippen LogP contribution >= 0.6 is 0 Å². The Hall–Kier alpha value is -2.90.